The van der Waals surface area contributed by atoms with Crippen LogP contribution in [0.4, 0.5) is 10.7 Å². The van der Waals surface area contributed by atoms with Crippen LogP contribution in [-0.2, 0) is 32.0 Å². The molecule has 1 aromatic heterocycles. The number of phenolic OH excluding ortho intramolecular Hbond substituents is 1. The van der Waals surface area contributed by atoms with Crippen molar-refractivity contribution < 1.29 is 33.8 Å². The molecule has 6 rings (SSSR count). The zero-order valence-corrected chi connectivity index (χ0v) is 27.7. The highest BCUT2D eigenvalue weighted by atomic mass is 79.9. The summed E-state index contributed by atoms with van der Waals surface area (Å²) in [4.78, 5) is 50.3. The number of aromatic hydroxyl groups is 1. The molecular formula is C33H35BrN2O7S. The lowest BCUT2D eigenvalue weighted by atomic mass is 9.72. The number of carbonyl (C=O) groups excluding carboxylic acids is 3. The minimum Gasteiger partial charge on any atom is -0.503 e. The molecule has 4 atom stereocenters. The molecule has 0 saturated carbocycles. The molecule has 232 valence electrons. The molecule has 2 fully saturated rings. The van der Waals surface area contributed by atoms with Crippen LogP contribution < -0.4 is 14.7 Å². The number of benzene rings is 2. The molecule has 44 heavy (non-hydrogen) atoms. The Bertz CT molecular complexity index is 1630. The number of rotatable bonds is 6. The number of hydrogen-bond acceptors (Lipinski definition) is 9. The minimum absolute atomic E-state index is 0.0618. The van der Waals surface area contributed by atoms with Gasteiger partial charge in [0.1, 0.15) is 10.9 Å². The first kappa shape index (κ1) is 30.6. The van der Waals surface area contributed by atoms with E-state index in [4.69, 9.17) is 14.3 Å². The van der Waals surface area contributed by atoms with Crippen molar-refractivity contribution in [3.63, 3.8) is 0 Å². The highest BCUT2D eigenvalue weighted by Crippen LogP contribution is 2.52. The molecule has 9 nitrogen and oxygen atoms in total. The summed E-state index contributed by atoms with van der Waals surface area (Å²) in [5, 5.41) is 12.5. The summed E-state index contributed by atoms with van der Waals surface area (Å²) >= 11 is 4.75. The predicted octanol–water partition coefficient (Wildman–Crippen LogP) is 6.60. The third-order valence-electron chi connectivity index (χ3n) is 8.88. The van der Waals surface area contributed by atoms with Gasteiger partial charge in [-0.15, -0.1) is 11.3 Å². The summed E-state index contributed by atoms with van der Waals surface area (Å²) in [5.41, 5.74) is 2.51. The van der Waals surface area contributed by atoms with Gasteiger partial charge in [0.15, 0.2) is 17.6 Å². The summed E-state index contributed by atoms with van der Waals surface area (Å²) in [5.74, 6) is -1.89. The van der Waals surface area contributed by atoms with E-state index in [9.17, 15) is 19.5 Å². The first-order chi connectivity index (χ1) is 21.0. The van der Waals surface area contributed by atoms with Crippen LogP contribution in [0.15, 0.2) is 46.9 Å². The van der Waals surface area contributed by atoms with E-state index >= 15 is 0 Å². The van der Waals surface area contributed by atoms with Crippen LogP contribution in [-0.4, -0.2) is 42.7 Å². The number of ether oxygens (including phenoxy) is 2. The molecule has 3 aromatic rings. The quantitative estimate of drug-likeness (QED) is 0.229. The van der Waals surface area contributed by atoms with Crippen LogP contribution in [0.1, 0.15) is 66.5 Å². The first-order valence-electron chi connectivity index (χ1n) is 14.7. The fraction of sp³-hybridized carbons (Fsp3) is 0.424. The van der Waals surface area contributed by atoms with Gasteiger partial charge in [-0.3, -0.25) is 14.4 Å². The van der Waals surface area contributed by atoms with Gasteiger partial charge in [-0.25, -0.2) is 14.8 Å². The third-order valence-corrected chi connectivity index (χ3v) is 10.7. The fourth-order valence-electron chi connectivity index (χ4n) is 6.56. The molecule has 1 aliphatic carbocycles. The Morgan fingerprint density at radius 3 is 2.55 bits per heavy atom. The summed E-state index contributed by atoms with van der Waals surface area (Å²) in [6.45, 7) is 8.76. The van der Waals surface area contributed by atoms with Gasteiger partial charge in [0.05, 0.1) is 35.5 Å². The number of carbonyl (C=O) groups is 3. The molecule has 0 unspecified atom stereocenters. The van der Waals surface area contributed by atoms with E-state index in [1.807, 2.05) is 37.3 Å². The Balaban J connectivity index is 1.45. The van der Waals surface area contributed by atoms with Gasteiger partial charge < -0.3 is 14.6 Å². The average Bonchev–Trinajstić information content (AvgIpc) is 3.64. The van der Waals surface area contributed by atoms with E-state index < -0.39 is 35.8 Å². The normalized spacial score (nSPS) is 23.1. The molecule has 0 radical (unpaired) electrons. The van der Waals surface area contributed by atoms with Crippen molar-refractivity contribution in [3.8, 4) is 11.5 Å². The van der Waals surface area contributed by atoms with E-state index in [-0.39, 0.29) is 16.9 Å². The van der Waals surface area contributed by atoms with Gasteiger partial charge >= 0.3 is 5.97 Å². The highest BCUT2D eigenvalue weighted by molar-refractivity contribution is 9.10. The molecular weight excluding hydrogens is 648 g/mol. The van der Waals surface area contributed by atoms with Crippen molar-refractivity contribution in [1.82, 2.24) is 0 Å². The van der Waals surface area contributed by atoms with Crippen molar-refractivity contribution in [3.05, 3.63) is 68.5 Å². The van der Waals surface area contributed by atoms with Crippen LogP contribution in [0, 0.1) is 17.3 Å². The number of thiophene rings is 1. The molecule has 1 N–H and O–H groups in total. The third kappa shape index (κ3) is 4.98. The topological polar surface area (TPSA) is 106 Å². The Labute approximate surface area is 268 Å². The number of fused-ring (bicyclic) bond motifs is 2. The van der Waals surface area contributed by atoms with Gasteiger partial charge in [-0.1, -0.05) is 39.0 Å². The number of imide groups is 1. The Kier molecular flexibility index (Phi) is 8.00. The van der Waals surface area contributed by atoms with Crippen LogP contribution in [0.25, 0.3) is 0 Å². The second kappa shape index (κ2) is 11.5. The van der Waals surface area contributed by atoms with E-state index in [0.29, 0.717) is 45.2 Å². The summed E-state index contributed by atoms with van der Waals surface area (Å²) in [6.07, 6.45) is 1.21. The van der Waals surface area contributed by atoms with Crippen molar-refractivity contribution in [2.45, 2.75) is 59.1 Å². The number of methoxy groups -OCH3 is 1. The van der Waals surface area contributed by atoms with E-state index in [0.717, 1.165) is 28.2 Å². The maximum Gasteiger partial charge on any atom is 0.341 e. The van der Waals surface area contributed by atoms with E-state index in [1.54, 1.807) is 17.2 Å². The molecule has 11 heteroatoms. The lowest BCUT2D eigenvalue weighted by Crippen LogP contribution is -2.37. The van der Waals surface area contributed by atoms with E-state index in [2.05, 4.69) is 36.7 Å². The van der Waals surface area contributed by atoms with Crippen molar-refractivity contribution >= 4 is 55.7 Å². The number of halogens is 1. The molecule has 2 aromatic carbocycles. The zero-order valence-electron chi connectivity index (χ0n) is 25.3. The number of amides is 2. The molecule has 0 spiro atoms. The Morgan fingerprint density at radius 2 is 1.89 bits per heavy atom. The lowest BCUT2D eigenvalue weighted by molar-refractivity contribution is -0.126. The van der Waals surface area contributed by atoms with Gasteiger partial charge in [0.2, 0.25) is 5.91 Å². The number of phenols is 1. The van der Waals surface area contributed by atoms with Crippen LogP contribution in [0.3, 0.4) is 0 Å². The molecule has 3 heterocycles. The predicted molar refractivity (Wildman–Crippen MR) is 170 cm³/mol. The Hall–Kier alpha value is -3.41. The molecule has 2 amide bonds. The average molecular weight is 684 g/mol. The second-order valence-corrected chi connectivity index (χ2v) is 14.4. The summed E-state index contributed by atoms with van der Waals surface area (Å²) in [7, 11) is 1.31. The minimum atomic E-state index is -1.12. The standard InChI is InChI=1S/C33H35BrN2O7S/c1-6-42-22-15-17(14-21(34)27(22)37)26-25-28(43-36(26)19-10-8-7-9-11-19)30(39)35(29(25)38)31-24(32(40)41-5)20-13-12-18(33(2,3)4)16-23(20)44-31/h7-11,14-15,18,25-26,28,37H,6,12-13,16H2,1-5H3/t18-,25-,26-,28+/m1/s1. The van der Waals surface area contributed by atoms with Gasteiger partial charge in [0, 0.05) is 4.88 Å². The molecule has 2 aliphatic heterocycles. The van der Waals surface area contributed by atoms with Gasteiger partial charge in [0.25, 0.3) is 5.91 Å². The number of esters is 1. The smallest absolute Gasteiger partial charge is 0.341 e. The van der Waals surface area contributed by atoms with E-state index in [1.165, 1.54) is 18.4 Å². The second-order valence-electron chi connectivity index (χ2n) is 12.4. The van der Waals surface area contributed by atoms with Gasteiger partial charge in [-0.05, 0) is 88.8 Å². The number of nitrogens with zero attached hydrogens (tertiary/aromatic N) is 2. The highest BCUT2D eigenvalue weighted by Gasteiger charge is 2.61. The van der Waals surface area contributed by atoms with Crippen molar-refractivity contribution in [2.24, 2.45) is 17.3 Å². The maximum atomic E-state index is 14.5. The van der Waals surface area contributed by atoms with Crippen LogP contribution >= 0.6 is 27.3 Å². The fourth-order valence-corrected chi connectivity index (χ4v) is 8.45. The van der Waals surface area contributed by atoms with Crippen molar-refractivity contribution in [1.29, 1.82) is 0 Å². The summed E-state index contributed by atoms with van der Waals surface area (Å²) in [6, 6.07) is 11.9. The lowest BCUT2D eigenvalue weighted by Gasteiger charge is -2.33. The van der Waals surface area contributed by atoms with Crippen LogP contribution in [0.2, 0.25) is 0 Å². The summed E-state index contributed by atoms with van der Waals surface area (Å²) < 4.78 is 11.3. The largest absolute Gasteiger partial charge is 0.503 e. The molecule has 2 saturated heterocycles. The monoisotopic (exact) mass is 682 g/mol. The Morgan fingerprint density at radius 1 is 1.16 bits per heavy atom. The molecule has 0 bridgehead atoms. The SMILES string of the molecule is CCOc1cc([C@@H]2[C@H]3C(=O)N(c4sc5c(c4C(=O)OC)CC[C@@H](C(C)(C)C)C5)C(=O)[C@H]3ON2c2ccccc2)cc(Br)c1O. The number of hydrogen-bond donors (Lipinski definition) is 1. The first-order valence-corrected chi connectivity index (χ1v) is 16.3. The zero-order chi connectivity index (χ0) is 31.5. The van der Waals surface area contributed by atoms with Crippen LogP contribution in [0.5, 0.6) is 11.5 Å². The van der Waals surface area contributed by atoms with Gasteiger partial charge in [-0.2, -0.15) is 0 Å². The maximum absolute atomic E-state index is 14.5. The molecule has 3 aliphatic rings. The number of para-hydroxylation sites is 1. The van der Waals surface area contributed by atoms with Crippen molar-refractivity contribution in [2.75, 3.05) is 23.7 Å². The number of anilines is 2. The number of hydroxylamine groups is 1.